The molecule has 1 saturated carbocycles. The topological polar surface area (TPSA) is 37.4 Å². The highest BCUT2D eigenvalue weighted by Gasteiger charge is 2.31. The Morgan fingerprint density at radius 2 is 1.76 bits per heavy atom. The Balaban J connectivity index is 2.12. The summed E-state index contributed by atoms with van der Waals surface area (Å²) in [4.78, 5) is 0.442. The van der Waals surface area contributed by atoms with Crippen molar-refractivity contribution in [3.8, 4) is 0 Å². The maximum atomic E-state index is 12.7. The Kier molecular flexibility index (Phi) is 5.82. The third-order valence-electron chi connectivity index (χ3n) is 4.01. The molecule has 1 aromatic carbocycles. The van der Waals surface area contributed by atoms with Crippen LogP contribution in [0.2, 0.25) is 0 Å². The van der Waals surface area contributed by atoms with Crippen LogP contribution in [0.1, 0.15) is 51.5 Å². The SMILES string of the molecule is CCCCc1ccc(S(=O)(=O)N(CCC)CC2CC2)cc1. The van der Waals surface area contributed by atoms with Crippen LogP contribution in [0.3, 0.4) is 0 Å². The second-order valence-electron chi connectivity index (χ2n) is 6.05. The average Bonchev–Trinajstić information content (AvgIpc) is 3.29. The zero-order valence-corrected chi connectivity index (χ0v) is 14.0. The van der Waals surface area contributed by atoms with E-state index in [9.17, 15) is 8.42 Å². The summed E-state index contributed by atoms with van der Waals surface area (Å²) in [6.07, 6.45) is 6.54. The van der Waals surface area contributed by atoms with Gasteiger partial charge in [-0.05, 0) is 55.7 Å². The molecule has 0 aliphatic heterocycles. The first kappa shape index (κ1) is 16.5. The van der Waals surface area contributed by atoms with Gasteiger partial charge in [0.2, 0.25) is 10.0 Å². The predicted molar refractivity (Wildman–Crippen MR) is 86.8 cm³/mol. The Bertz CT molecular complexity index is 532. The summed E-state index contributed by atoms with van der Waals surface area (Å²) in [6.45, 7) is 5.51. The van der Waals surface area contributed by atoms with Gasteiger partial charge in [-0.3, -0.25) is 0 Å². The quantitative estimate of drug-likeness (QED) is 0.695. The van der Waals surface area contributed by atoms with E-state index in [0.717, 1.165) is 25.7 Å². The molecule has 0 amide bonds. The van der Waals surface area contributed by atoms with E-state index in [0.29, 0.717) is 23.9 Å². The molecule has 0 spiro atoms. The number of aryl methyl sites for hydroxylation is 1. The number of unbranched alkanes of at least 4 members (excludes halogenated alkanes) is 1. The van der Waals surface area contributed by atoms with Crippen LogP contribution in [-0.4, -0.2) is 25.8 Å². The van der Waals surface area contributed by atoms with Gasteiger partial charge in [-0.1, -0.05) is 32.4 Å². The van der Waals surface area contributed by atoms with Crippen LogP contribution in [0.5, 0.6) is 0 Å². The molecule has 118 valence electrons. The second-order valence-corrected chi connectivity index (χ2v) is 7.99. The van der Waals surface area contributed by atoms with Crippen LogP contribution in [-0.2, 0) is 16.4 Å². The molecule has 1 aliphatic carbocycles. The fourth-order valence-electron chi connectivity index (χ4n) is 2.51. The standard InChI is InChI=1S/C17H27NO2S/c1-3-5-6-15-9-11-17(12-10-15)21(19,20)18(13-4-2)14-16-7-8-16/h9-12,16H,3-8,13-14H2,1-2H3. The lowest BCUT2D eigenvalue weighted by Gasteiger charge is -2.21. The first-order chi connectivity index (χ1) is 10.1. The molecule has 1 aliphatic rings. The zero-order chi connectivity index (χ0) is 15.3. The van der Waals surface area contributed by atoms with Gasteiger partial charge >= 0.3 is 0 Å². The number of hydrogen-bond donors (Lipinski definition) is 0. The van der Waals surface area contributed by atoms with Gasteiger partial charge in [0.05, 0.1) is 4.90 Å². The summed E-state index contributed by atoms with van der Waals surface area (Å²) in [5, 5.41) is 0. The van der Waals surface area contributed by atoms with Gasteiger partial charge in [-0.15, -0.1) is 0 Å². The molecule has 0 saturated heterocycles. The van der Waals surface area contributed by atoms with Crippen molar-refractivity contribution in [1.29, 1.82) is 0 Å². The lowest BCUT2D eigenvalue weighted by atomic mass is 10.1. The van der Waals surface area contributed by atoms with E-state index in [2.05, 4.69) is 6.92 Å². The van der Waals surface area contributed by atoms with E-state index in [-0.39, 0.29) is 0 Å². The summed E-state index contributed by atoms with van der Waals surface area (Å²) in [6, 6.07) is 7.47. The van der Waals surface area contributed by atoms with Crippen molar-refractivity contribution in [1.82, 2.24) is 4.31 Å². The molecule has 0 radical (unpaired) electrons. The Hall–Kier alpha value is -0.870. The minimum absolute atomic E-state index is 0.442. The molecule has 1 fully saturated rings. The maximum Gasteiger partial charge on any atom is 0.243 e. The van der Waals surface area contributed by atoms with Crippen LogP contribution in [0, 0.1) is 5.92 Å². The highest BCUT2D eigenvalue weighted by atomic mass is 32.2. The van der Waals surface area contributed by atoms with E-state index >= 15 is 0 Å². The van der Waals surface area contributed by atoms with Gasteiger partial charge in [0.25, 0.3) is 0 Å². The maximum absolute atomic E-state index is 12.7. The van der Waals surface area contributed by atoms with E-state index in [1.807, 2.05) is 19.1 Å². The molecule has 0 N–H and O–H groups in total. The lowest BCUT2D eigenvalue weighted by Crippen LogP contribution is -2.33. The van der Waals surface area contributed by atoms with Gasteiger partial charge in [-0.25, -0.2) is 8.42 Å². The molecule has 0 atom stereocenters. The second kappa shape index (κ2) is 7.41. The largest absolute Gasteiger partial charge is 0.243 e. The normalized spacial score (nSPS) is 15.6. The fourth-order valence-corrected chi connectivity index (χ4v) is 4.11. The Morgan fingerprint density at radius 3 is 2.29 bits per heavy atom. The summed E-state index contributed by atoms with van der Waals surface area (Å²) in [7, 11) is -3.32. The number of rotatable bonds is 9. The minimum atomic E-state index is -3.32. The molecule has 1 aromatic rings. The molecule has 0 heterocycles. The lowest BCUT2D eigenvalue weighted by molar-refractivity contribution is 0.395. The molecule has 2 rings (SSSR count). The number of sulfonamides is 1. The summed E-state index contributed by atoms with van der Waals surface area (Å²) < 4.78 is 27.1. The number of nitrogens with zero attached hydrogens (tertiary/aromatic N) is 1. The van der Waals surface area contributed by atoms with Gasteiger partial charge in [0.15, 0.2) is 0 Å². The van der Waals surface area contributed by atoms with Crippen molar-refractivity contribution in [3.05, 3.63) is 29.8 Å². The molecular weight excluding hydrogens is 282 g/mol. The number of benzene rings is 1. The summed E-state index contributed by atoms with van der Waals surface area (Å²) in [5.41, 5.74) is 1.22. The first-order valence-electron chi connectivity index (χ1n) is 8.17. The molecular formula is C17H27NO2S. The van der Waals surface area contributed by atoms with Crippen molar-refractivity contribution in [2.75, 3.05) is 13.1 Å². The van der Waals surface area contributed by atoms with Crippen molar-refractivity contribution in [2.45, 2.75) is 57.3 Å². The van der Waals surface area contributed by atoms with E-state index in [4.69, 9.17) is 0 Å². The first-order valence-corrected chi connectivity index (χ1v) is 9.61. The highest BCUT2D eigenvalue weighted by molar-refractivity contribution is 7.89. The van der Waals surface area contributed by atoms with Gasteiger partial charge in [0, 0.05) is 13.1 Å². The zero-order valence-electron chi connectivity index (χ0n) is 13.2. The van der Waals surface area contributed by atoms with Gasteiger partial charge in [-0.2, -0.15) is 4.31 Å². The van der Waals surface area contributed by atoms with Crippen LogP contribution >= 0.6 is 0 Å². The molecule has 0 bridgehead atoms. The minimum Gasteiger partial charge on any atom is -0.207 e. The van der Waals surface area contributed by atoms with E-state index < -0.39 is 10.0 Å². The Labute approximate surface area is 129 Å². The van der Waals surface area contributed by atoms with Crippen molar-refractivity contribution >= 4 is 10.0 Å². The van der Waals surface area contributed by atoms with Crippen molar-refractivity contribution in [3.63, 3.8) is 0 Å². The van der Waals surface area contributed by atoms with Gasteiger partial charge < -0.3 is 0 Å². The van der Waals surface area contributed by atoms with Crippen LogP contribution in [0.15, 0.2) is 29.2 Å². The predicted octanol–water partition coefficient (Wildman–Crippen LogP) is 3.84. The summed E-state index contributed by atoms with van der Waals surface area (Å²) in [5.74, 6) is 0.579. The highest BCUT2D eigenvalue weighted by Crippen LogP contribution is 2.31. The third kappa shape index (κ3) is 4.55. The molecule has 0 unspecified atom stereocenters. The van der Waals surface area contributed by atoms with Gasteiger partial charge in [0.1, 0.15) is 0 Å². The third-order valence-corrected chi connectivity index (χ3v) is 5.89. The van der Waals surface area contributed by atoms with E-state index in [1.165, 1.54) is 18.4 Å². The van der Waals surface area contributed by atoms with E-state index in [1.54, 1.807) is 16.4 Å². The van der Waals surface area contributed by atoms with Crippen LogP contribution in [0.25, 0.3) is 0 Å². The average molecular weight is 309 g/mol. The molecule has 0 aromatic heterocycles. The molecule has 21 heavy (non-hydrogen) atoms. The van der Waals surface area contributed by atoms with Crippen LogP contribution < -0.4 is 0 Å². The molecule has 4 heteroatoms. The number of hydrogen-bond acceptors (Lipinski definition) is 2. The fraction of sp³-hybridized carbons (Fsp3) is 0.647. The Morgan fingerprint density at radius 1 is 1.10 bits per heavy atom. The van der Waals surface area contributed by atoms with Crippen molar-refractivity contribution < 1.29 is 8.42 Å². The van der Waals surface area contributed by atoms with Crippen molar-refractivity contribution in [2.24, 2.45) is 5.92 Å². The smallest absolute Gasteiger partial charge is 0.207 e. The molecule has 3 nitrogen and oxygen atoms in total. The monoisotopic (exact) mass is 309 g/mol. The summed E-state index contributed by atoms with van der Waals surface area (Å²) >= 11 is 0. The van der Waals surface area contributed by atoms with Crippen LogP contribution in [0.4, 0.5) is 0 Å².